The number of fused-ring (bicyclic) bond motifs is 1. The van der Waals surface area contributed by atoms with Crippen molar-refractivity contribution in [3.63, 3.8) is 0 Å². The van der Waals surface area contributed by atoms with Gasteiger partial charge in [-0.1, -0.05) is 58.2 Å². The maximum absolute atomic E-state index is 11.7. The van der Waals surface area contributed by atoms with Gasteiger partial charge in [-0.05, 0) is 87.4 Å². The molecule has 0 amide bonds. The highest BCUT2D eigenvalue weighted by Gasteiger charge is 2.20. The van der Waals surface area contributed by atoms with Crippen molar-refractivity contribution in [2.75, 3.05) is 42.3 Å². The SMILES string of the molecule is CC.CC(=O)C(C)N(C)C.CCCCCC(NC)C(C)=O.COn1cc(CC(C(C)=O)N(C)C)c2ccccc21. The van der Waals surface area contributed by atoms with Crippen molar-refractivity contribution in [3.8, 4) is 0 Å². The molecule has 3 unspecified atom stereocenters. The highest BCUT2D eigenvalue weighted by molar-refractivity contribution is 5.86. The monoisotopic (exact) mass is 562 g/mol. The number of aromatic nitrogens is 1. The number of rotatable bonds is 13. The van der Waals surface area contributed by atoms with E-state index in [-0.39, 0.29) is 35.5 Å². The Labute approximate surface area is 244 Å². The van der Waals surface area contributed by atoms with E-state index in [1.54, 1.807) is 32.6 Å². The molecule has 1 N–H and O–H groups in total. The van der Waals surface area contributed by atoms with Gasteiger partial charge in [0.05, 0.1) is 23.6 Å². The summed E-state index contributed by atoms with van der Waals surface area (Å²) in [4.78, 5) is 42.4. The van der Waals surface area contributed by atoms with E-state index < -0.39 is 0 Å². The fraction of sp³-hybridized carbons (Fsp3) is 0.656. The summed E-state index contributed by atoms with van der Waals surface area (Å²) < 4.78 is 1.75. The Morgan fingerprint density at radius 3 is 1.88 bits per heavy atom. The molecule has 0 radical (unpaired) electrons. The number of unbranched alkanes of at least 4 members (excludes halogenated alkanes) is 2. The first-order chi connectivity index (χ1) is 18.8. The molecule has 0 aliphatic carbocycles. The van der Waals surface area contributed by atoms with Gasteiger partial charge >= 0.3 is 0 Å². The first kappa shape index (κ1) is 39.6. The second-order valence-electron chi connectivity index (χ2n) is 10.2. The number of benzene rings is 1. The third kappa shape index (κ3) is 14.7. The van der Waals surface area contributed by atoms with E-state index >= 15 is 0 Å². The number of ketones is 3. The summed E-state index contributed by atoms with van der Waals surface area (Å²) in [7, 11) is 11.1. The van der Waals surface area contributed by atoms with Gasteiger partial charge in [0.1, 0.15) is 24.5 Å². The van der Waals surface area contributed by atoms with Crippen molar-refractivity contribution in [1.82, 2.24) is 19.8 Å². The Morgan fingerprint density at radius 1 is 0.925 bits per heavy atom. The van der Waals surface area contributed by atoms with Crippen LogP contribution in [0.15, 0.2) is 30.5 Å². The van der Waals surface area contributed by atoms with E-state index in [0.717, 1.165) is 29.3 Å². The van der Waals surface area contributed by atoms with E-state index in [9.17, 15) is 14.4 Å². The summed E-state index contributed by atoms with van der Waals surface area (Å²) in [6.07, 6.45) is 7.24. The lowest BCUT2D eigenvalue weighted by molar-refractivity contribution is -0.121. The minimum atomic E-state index is -0.101. The topological polar surface area (TPSA) is 83.9 Å². The molecule has 3 atom stereocenters. The van der Waals surface area contributed by atoms with Crippen LogP contribution in [-0.2, 0) is 20.8 Å². The van der Waals surface area contributed by atoms with E-state index in [0.29, 0.717) is 6.42 Å². The molecular formula is C32H58N4O4. The molecule has 2 aromatic rings. The lowest BCUT2D eigenvalue weighted by Gasteiger charge is -2.21. The standard InChI is InChI=1S/C15H20N2O2.C9H19NO.C6H13NO.C2H6/c1-11(18)15(16(2)3)9-12-10-17(19-4)14-8-6-5-7-13(12)14;1-4-5-6-7-9(10-3)8(2)11;1-5(6(2)8)7(3)4;1-2/h5-8,10,15H,9H2,1-4H3;9-10H,4-7H2,1-3H3;5H,1-4H3;1-2H3. The molecule has 230 valence electrons. The average Bonchev–Trinajstić information content (AvgIpc) is 3.28. The summed E-state index contributed by atoms with van der Waals surface area (Å²) in [5.41, 5.74) is 2.16. The van der Waals surface area contributed by atoms with Crippen molar-refractivity contribution in [1.29, 1.82) is 0 Å². The molecule has 0 saturated carbocycles. The Bertz CT molecular complexity index is 984. The van der Waals surface area contributed by atoms with E-state index in [1.807, 2.05) is 90.2 Å². The Kier molecular flexibility index (Phi) is 21.9. The highest BCUT2D eigenvalue weighted by Crippen LogP contribution is 2.22. The van der Waals surface area contributed by atoms with Gasteiger partial charge in [-0.3, -0.25) is 24.2 Å². The first-order valence-electron chi connectivity index (χ1n) is 14.5. The predicted molar refractivity (Wildman–Crippen MR) is 169 cm³/mol. The van der Waals surface area contributed by atoms with Crippen LogP contribution in [0.4, 0.5) is 0 Å². The third-order valence-electron chi connectivity index (χ3n) is 6.76. The maximum atomic E-state index is 11.7. The summed E-state index contributed by atoms with van der Waals surface area (Å²) >= 11 is 0. The largest absolute Gasteiger partial charge is 0.417 e. The number of hydrogen-bond donors (Lipinski definition) is 1. The minimum Gasteiger partial charge on any atom is -0.417 e. The van der Waals surface area contributed by atoms with Crippen LogP contribution in [0.1, 0.15) is 79.7 Å². The molecule has 0 bridgehead atoms. The van der Waals surface area contributed by atoms with E-state index in [2.05, 4.69) is 18.3 Å². The van der Waals surface area contributed by atoms with Crippen LogP contribution in [-0.4, -0.2) is 92.4 Å². The number of carbonyl (C=O) groups is 3. The molecule has 1 heterocycles. The number of hydrogen-bond acceptors (Lipinski definition) is 7. The van der Waals surface area contributed by atoms with Gasteiger partial charge in [0.2, 0.25) is 0 Å². The molecule has 8 heteroatoms. The highest BCUT2D eigenvalue weighted by atomic mass is 16.6. The fourth-order valence-electron chi connectivity index (χ4n) is 3.94. The zero-order chi connectivity index (χ0) is 31.4. The minimum absolute atomic E-state index is 0.0648. The number of nitrogens with one attached hydrogen (secondary N) is 1. The molecule has 0 aliphatic heterocycles. The maximum Gasteiger partial charge on any atom is 0.147 e. The van der Waals surface area contributed by atoms with Gasteiger partial charge in [-0.25, -0.2) is 0 Å². The number of para-hydroxylation sites is 1. The van der Waals surface area contributed by atoms with Crippen LogP contribution in [0.5, 0.6) is 0 Å². The van der Waals surface area contributed by atoms with Crippen molar-refractivity contribution in [2.45, 2.75) is 98.7 Å². The molecule has 0 spiro atoms. The van der Waals surface area contributed by atoms with Crippen LogP contribution in [0, 0.1) is 0 Å². The van der Waals surface area contributed by atoms with Crippen LogP contribution < -0.4 is 10.2 Å². The fourth-order valence-corrected chi connectivity index (χ4v) is 3.94. The summed E-state index contributed by atoms with van der Waals surface area (Å²) in [6.45, 7) is 12.9. The molecule has 1 aromatic heterocycles. The molecular weight excluding hydrogens is 504 g/mol. The summed E-state index contributed by atoms with van der Waals surface area (Å²) in [5, 5.41) is 4.15. The zero-order valence-electron chi connectivity index (χ0n) is 27.6. The van der Waals surface area contributed by atoms with E-state index in [1.165, 1.54) is 12.8 Å². The average molecular weight is 563 g/mol. The van der Waals surface area contributed by atoms with Crippen LogP contribution in [0.25, 0.3) is 10.9 Å². The van der Waals surface area contributed by atoms with Gasteiger partial charge in [-0.2, -0.15) is 4.73 Å². The molecule has 40 heavy (non-hydrogen) atoms. The number of carbonyl (C=O) groups excluding carboxylic acids is 3. The first-order valence-corrected chi connectivity index (χ1v) is 14.5. The van der Waals surface area contributed by atoms with Crippen molar-refractivity contribution in [2.24, 2.45) is 0 Å². The normalized spacial score (nSPS) is 12.7. The van der Waals surface area contributed by atoms with Gasteiger partial charge in [0, 0.05) is 11.6 Å². The molecule has 0 saturated heterocycles. The third-order valence-corrected chi connectivity index (χ3v) is 6.76. The van der Waals surface area contributed by atoms with Crippen molar-refractivity contribution in [3.05, 3.63) is 36.0 Å². The predicted octanol–water partition coefficient (Wildman–Crippen LogP) is 5.06. The quantitative estimate of drug-likeness (QED) is 0.342. The van der Waals surface area contributed by atoms with Crippen LogP contribution in [0.3, 0.4) is 0 Å². The van der Waals surface area contributed by atoms with Gasteiger partial charge in [0.15, 0.2) is 0 Å². The van der Waals surface area contributed by atoms with Crippen LogP contribution >= 0.6 is 0 Å². The van der Waals surface area contributed by atoms with Gasteiger partial charge in [-0.15, -0.1) is 0 Å². The molecule has 0 aliphatic rings. The number of likely N-dealkylation sites (N-methyl/N-ethyl adjacent to an activating group) is 3. The number of Topliss-reactive ketones (excluding diaryl/α,β-unsaturated/α-hetero) is 3. The molecule has 2 rings (SSSR count). The van der Waals surface area contributed by atoms with E-state index in [4.69, 9.17) is 4.84 Å². The summed E-state index contributed by atoms with van der Waals surface area (Å²) in [5.74, 6) is 0.651. The lowest BCUT2D eigenvalue weighted by atomic mass is 10.0. The van der Waals surface area contributed by atoms with Crippen molar-refractivity contribution >= 4 is 28.3 Å². The van der Waals surface area contributed by atoms with Crippen molar-refractivity contribution < 1.29 is 19.2 Å². The zero-order valence-corrected chi connectivity index (χ0v) is 27.6. The van der Waals surface area contributed by atoms with Gasteiger partial charge in [0.25, 0.3) is 0 Å². The Morgan fingerprint density at radius 2 is 1.50 bits per heavy atom. The Balaban J connectivity index is 0. The second-order valence-corrected chi connectivity index (χ2v) is 10.2. The smallest absolute Gasteiger partial charge is 0.147 e. The molecule has 1 aromatic carbocycles. The van der Waals surface area contributed by atoms with Crippen LogP contribution in [0.2, 0.25) is 0 Å². The Hall–Kier alpha value is -2.55. The lowest BCUT2D eigenvalue weighted by Crippen LogP contribution is -2.36. The van der Waals surface area contributed by atoms with Gasteiger partial charge < -0.3 is 10.2 Å². The second kappa shape index (κ2) is 22.2. The molecule has 8 nitrogen and oxygen atoms in total. The number of nitrogens with zero attached hydrogens (tertiary/aromatic N) is 3. The summed E-state index contributed by atoms with van der Waals surface area (Å²) in [6, 6.07) is 8.11. The molecule has 0 fully saturated rings.